The SMILES string of the molecule is CCCNc1ncnc(N2CCCCC2CO)c1CC. The molecule has 2 N–H and O–H groups in total. The van der Waals surface area contributed by atoms with E-state index in [1.54, 1.807) is 6.33 Å². The van der Waals surface area contributed by atoms with E-state index in [0.717, 1.165) is 44.0 Å². The highest BCUT2D eigenvalue weighted by Gasteiger charge is 2.25. The number of aliphatic hydroxyl groups excluding tert-OH is 1. The maximum atomic E-state index is 9.60. The smallest absolute Gasteiger partial charge is 0.137 e. The maximum Gasteiger partial charge on any atom is 0.137 e. The van der Waals surface area contributed by atoms with Crippen LogP contribution in [0.15, 0.2) is 6.33 Å². The highest BCUT2D eigenvalue weighted by Crippen LogP contribution is 2.29. The Morgan fingerprint density at radius 3 is 2.90 bits per heavy atom. The molecule has 1 aromatic heterocycles. The summed E-state index contributed by atoms with van der Waals surface area (Å²) >= 11 is 0. The van der Waals surface area contributed by atoms with Crippen molar-refractivity contribution >= 4 is 11.6 Å². The molecule has 5 nitrogen and oxygen atoms in total. The fraction of sp³-hybridized carbons (Fsp3) is 0.733. The summed E-state index contributed by atoms with van der Waals surface area (Å²) in [6.07, 6.45) is 7.01. The molecule has 1 unspecified atom stereocenters. The summed E-state index contributed by atoms with van der Waals surface area (Å²) in [5.74, 6) is 1.95. The predicted molar refractivity (Wildman–Crippen MR) is 82.3 cm³/mol. The van der Waals surface area contributed by atoms with Crippen LogP contribution in [0, 0.1) is 0 Å². The third kappa shape index (κ3) is 3.20. The lowest BCUT2D eigenvalue weighted by Crippen LogP contribution is -2.43. The number of aliphatic hydroxyl groups is 1. The van der Waals surface area contributed by atoms with Crippen molar-refractivity contribution in [3.8, 4) is 0 Å². The lowest BCUT2D eigenvalue weighted by molar-refractivity contribution is 0.239. The van der Waals surface area contributed by atoms with Gasteiger partial charge in [0.2, 0.25) is 0 Å². The molecule has 1 atom stereocenters. The third-order valence-corrected chi connectivity index (χ3v) is 3.93. The number of nitrogens with zero attached hydrogens (tertiary/aromatic N) is 3. The minimum absolute atomic E-state index is 0.197. The van der Waals surface area contributed by atoms with Crippen LogP contribution in [0.2, 0.25) is 0 Å². The van der Waals surface area contributed by atoms with E-state index in [1.807, 2.05) is 0 Å². The Hall–Kier alpha value is -1.36. The first-order chi connectivity index (χ1) is 9.81. The Kier molecular flexibility index (Phi) is 5.59. The summed E-state index contributed by atoms with van der Waals surface area (Å²) < 4.78 is 0. The number of anilines is 2. The van der Waals surface area contributed by atoms with E-state index in [2.05, 4.69) is 34.0 Å². The van der Waals surface area contributed by atoms with Crippen molar-refractivity contribution in [3.63, 3.8) is 0 Å². The monoisotopic (exact) mass is 278 g/mol. The molecule has 0 bridgehead atoms. The molecule has 1 fully saturated rings. The second kappa shape index (κ2) is 7.43. The first-order valence-corrected chi connectivity index (χ1v) is 7.77. The van der Waals surface area contributed by atoms with E-state index in [4.69, 9.17) is 0 Å². The topological polar surface area (TPSA) is 61.3 Å². The molecule has 2 rings (SSSR count). The van der Waals surface area contributed by atoms with Gasteiger partial charge in [0.1, 0.15) is 18.0 Å². The van der Waals surface area contributed by atoms with Crippen LogP contribution in [0.25, 0.3) is 0 Å². The fourth-order valence-corrected chi connectivity index (χ4v) is 2.84. The molecular weight excluding hydrogens is 252 g/mol. The third-order valence-electron chi connectivity index (χ3n) is 3.93. The molecule has 1 aliphatic rings. The molecule has 2 heterocycles. The average Bonchev–Trinajstić information content (AvgIpc) is 2.52. The van der Waals surface area contributed by atoms with Gasteiger partial charge < -0.3 is 15.3 Å². The standard InChI is InChI=1S/C15H26N4O/c1-3-8-16-14-13(4-2)15(18-11-17-14)19-9-6-5-7-12(19)10-20/h11-12,20H,3-10H2,1-2H3,(H,16,17,18). The summed E-state index contributed by atoms with van der Waals surface area (Å²) in [5, 5.41) is 13.0. The van der Waals surface area contributed by atoms with E-state index in [0.29, 0.717) is 0 Å². The van der Waals surface area contributed by atoms with Crippen molar-refractivity contribution in [3.05, 3.63) is 11.9 Å². The zero-order valence-corrected chi connectivity index (χ0v) is 12.6. The Labute approximate surface area is 121 Å². The number of nitrogens with one attached hydrogen (secondary N) is 1. The van der Waals surface area contributed by atoms with Crippen LogP contribution in [0.1, 0.15) is 45.1 Å². The lowest BCUT2D eigenvalue weighted by Gasteiger charge is -2.36. The predicted octanol–water partition coefficient (Wildman–Crippen LogP) is 2.21. The van der Waals surface area contributed by atoms with Gasteiger partial charge in [-0.15, -0.1) is 0 Å². The summed E-state index contributed by atoms with van der Waals surface area (Å²) in [7, 11) is 0. The molecule has 1 aromatic rings. The number of aromatic nitrogens is 2. The summed E-state index contributed by atoms with van der Waals surface area (Å²) in [5.41, 5.74) is 1.17. The average molecular weight is 278 g/mol. The molecule has 0 saturated carbocycles. The van der Waals surface area contributed by atoms with Gasteiger partial charge in [-0.2, -0.15) is 0 Å². The fourth-order valence-electron chi connectivity index (χ4n) is 2.84. The number of rotatable bonds is 6. The van der Waals surface area contributed by atoms with Crippen LogP contribution < -0.4 is 10.2 Å². The molecule has 0 aliphatic carbocycles. The largest absolute Gasteiger partial charge is 0.394 e. The van der Waals surface area contributed by atoms with Gasteiger partial charge in [0.05, 0.1) is 12.6 Å². The van der Waals surface area contributed by atoms with Crippen molar-refractivity contribution in [2.24, 2.45) is 0 Å². The molecule has 112 valence electrons. The van der Waals surface area contributed by atoms with Crippen LogP contribution in [-0.4, -0.2) is 40.8 Å². The maximum absolute atomic E-state index is 9.60. The quantitative estimate of drug-likeness (QED) is 0.835. The van der Waals surface area contributed by atoms with E-state index in [-0.39, 0.29) is 12.6 Å². The molecular formula is C15H26N4O. The van der Waals surface area contributed by atoms with Gasteiger partial charge in [0, 0.05) is 18.7 Å². The van der Waals surface area contributed by atoms with E-state index in [9.17, 15) is 5.11 Å². The van der Waals surface area contributed by atoms with Crippen LogP contribution in [0.5, 0.6) is 0 Å². The van der Waals surface area contributed by atoms with Crippen molar-refractivity contribution in [2.75, 3.05) is 29.9 Å². The summed E-state index contributed by atoms with van der Waals surface area (Å²) in [6.45, 7) is 6.38. The zero-order valence-electron chi connectivity index (χ0n) is 12.6. The van der Waals surface area contributed by atoms with Gasteiger partial charge in [-0.25, -0.2) is 9.97 Å². The highest BCUT2D eigenvalue weighted by molar-refractivity contribution is 5.59. The molecule has 5 heteroatoms. The number of piperidine rings is 1. The number of hydrogen-bond acceptors (Lipinski definition) is 5. The molecule has 1 saturated heterocycles. The van der Waals surface area contributed by atoms with Crippen molar-refractivity contribution in [2.45, 2.75) is 52.0 Å². The molecule has 0 spiro atoms. The van der Waals surface area contributed by atoms with Gasteiger partial charge in [-0.1, -0.05) is 13.8 Å². The van der Waals surface area contributed by atoms with Gasteiger partial charge >= 0.3 is 0 Å². The second-order valence-corrected chi connectivity index (χ2v) is 5.33. The molecule has 0 radical (unpaired) electrons. The van der Waals surface area contributed by atoms with Crippen LogP contribution in [0.3, 0.4) is 0 Å². The summed E-state index contributed by atoms with van der Waals surface area (Å²) in [4.78, 5) is 11.2. The van der Waals surface area contributed by atoms with Gasteiger partial charge in [-0.05, 0) is 32.1 Å². The van der Waals surface area contributed by atoms with Crippen LogP contribution in [0.4, 0.5) is 11.6 Å². The second-order valence-electron chi connectivity index (χ2n) is 5.33. The minimum Gasteiger partial charge on any atom is -0.394 e. The van der Waals surface area contributed by atoms with Crippen LogP contribution in [-0.2, 0) is 6.42 Å². The van der Waals surface area contributed by atoms with Gasteiger partial charge in [-0.3, -0.25) is 0 Å². The Morgan fingerprint density at radius 2 is 2.20 bits per heavy atom. The number of hydrogen-bond donors (Lipinski definition) is 2. The van der Waals surface area contributed by atoms with E-state index in [1.165, 1.54) is 18.4 Å². The Bertz CT molecular complexity index is 424. The summed E-state index contributed by atoms with van der Waals surface area (Å²) in [6, 6.07) is 0.197. The van der Waals surface area contributed by atoms with Crippen molar-refractivity contribution < 1.29 is 5.11 Å². The zero-order chi connectivity index (χ0) is 14.4. The van der Waals surface area contributed by atoms with Crippen molar-refractivity contribution in [1.29, 1.82) is 0 Å². The Balaban J connectivity index is 2.29. The first-order valence-electron chi connectivity index (χ1n) is 7.77. The first kappa shape index (κ1) is 15.0. The van der Waals surface area contributed by atoms with E-state index < -0.39 is 0 Å². The normalized spacial score (nSPS) is 19.1. The Morgan fingerprint density at radius 1 is 1.35 bits per heavy atom. The molecule has 1 aliphatic heterocycles. The lowest BCUT2D eigenvalue weighted by atomic mass is 10.0. The minimum atomic E-state index is 0.197. The molecule has 0 aromatic carbocycles. The van der Waals surface area contributed by atoms with Crippen molar-refractivity contribution in [1.82, 2.24) is 9.97 Å². The molecule has 20 heavy (non-hydrogen) atoms. The van der Waals surface area contributed by atoms with Gasteiger partial charge in [0.25, 0.3) is 0 Å². The van der Waals surface area contributed by atoms with E-state index >= 15 is 0 Å². The van der Waals surface area contributed by atoms with Crippen LogP contribution >= 0.6 is 0 Å². The van der Waals surface area contributed by atoms with Gasteiger partial charge in [0.15, 0.2) is 0 Å². The molecule has 0 amide bonds. The highest BCUT2D eigenvalue weighted by atomic mass is 16.3.